The van der Waals surface area contributed by atoms with Gasteiger partial charge in [0.2, 0.25) is 5.91 Å². The van der Waals surface area contributed by atoms with Gasteiger partial charge in [-0.25, -0.2) is 9.97 Å². The number of rotatable bonds is 7. The van der Waals surface area contributed by atoms with Gasteiger partial charge in [-0.3, -0.25) is 4.79 Å². The predicted octanol–water partition coefficient (Wildman–Crippen LogP) is 1.13. The van der Waals surface area contributed by atoms with Crippen molar-refractivity contribution >= 4 is 22.6 Å². The summed E-state index contributed by atoms with van der Waals surface area (Å²) in [5.41, 5.74) is 0.880. The molecule has 6 nitrogen and oxygen atoms in total. The molecule has 1 aromatic carbocycles. The third kappa shape index (κ3) is 4.39. The standard InChI is InChI=1S/C16H23N5O/c1-20(2)10-6-9-17-15(22)11-21(3)16-13-7-4-5-8-14(13)18-12-19-16/h4-5,7-8,12H,6,9-11H2,1-3H3,(H,17,22). The molecular formula is C16H23N5O. The lowest BCUT2D eigenvalue weighted by Gasteiger charge is -2.19. The number of nitrogens with zero attached hydrogens (tertiary/aromatic N) is 4. The maximum atomic E-state index is 12.0. The molecule has 0 atom stereocenters. The lowest BCUT2D eigenvalue weighted by Crippen LogP contribution is -2.36. The second-order valence-corrected chi connectivity index (χ2v) is 5.58. The van der Waals surface area contributed by atoms with E-state index in [4.69, 9.17) is 0 Å². The molecule has 1 heterocycles. The summed E-state index contributed by atoms with van der Waals surface area (Å²) in [6.45, 7) is 1.94. The number of carbonyl (C=O) groups excluding carboxylic acids is 1. The zero-order chi connectivity index (χ0) is 15.9. The Bertz CT molecular complexity index is 623. The zero-order valence-electron chi connectivity index (χ0n) is 13.4. The van der Waals surface area contributed by atoms with E-state index in [0.717, 1.165) is 29.7 Å². The molecule has 6 heteroatoms. The number of carbonyl (C=O) groups is 1. The van der Waals surface area contributed by atoms with Crippen LogP contribution in [0.2, 0.25) is 0 Å². The summed E-state index contributed by atoms with van der Waals surface area (Å²) in [5, 5.41) is 3.89. The van der Waals surface area contributed by atoms with Gasteiger partial charge in [0, 0.05) is 19.0 Å². The van der Waals surface area contributed by atoms with Crippen molar-refractivity contribution in [2.24, 2.45) is 0 Å². The number of aromatic nitrogens is 2. The molecule has 1 amide bonds. The molecule has 1 N–H and O–H groups in total. The van der Waals surface area contributed by atoms with Gasteiger partial charge in [-0.15, -0.1) is 0 Å². The molecule has 0 saturated heterocycles. The minimum atomic E-state index is 0.00366. The van der Waals surface area contributed by atoms with Crippen molar-refractivity contribution in [1.82, 2.24) is 20.2 Å². The molecular weight excluding hydrogens is 278 g/mol. The largest absolute Gasteiger partial charge is 0.355 e. The summed E-state index contributed by atoms with van der Waals surface area (Å²) in [6, 6.07) is 7.80. The van der Waals surface area contributed by atoms with Crippen LogP contribution < -0.4 is 10.2 Å². The van der Waals surface area contributed by atoms with Crippen LogP contribution in [0.1, 0.15) is 6.42 Å². The fraction of sp³-hybridized carbons (Fsp3) is 0.438. The van der Waals surface area contributed by atoms with Crippen LogP contribution in [0.3, 0.4) is 0 Å². The lowest BCUT2D eigenvalue weighted by atomic mass is 10.2. The SMILES string of the molecule is CN(C)CCCNC(=O)CN(C)c1ncnc2ccccc12. The van der Waals surface area contributed by atoms with Gasteiger partial charge in [0.25, 0.3) is 0 Å². The summed E-state index contributed by atoms with van der Waals surface area (Å²) in [4.78, 5) is 24.5. The molecule has 0 bridgehead atoms. The van der Waals surface area contributed by atoms with Gasteiger partial charge in [-0.2, -0.15) is 0 Å². The van der Waals surface area contributed by atoms with Crippen LogP contribution in [0, 0.1) is 0 Å². The van der Waals surface area contributed by atoms with Crippen LogP contribution in [0.15, 0.2) is 30.6 Å². The van der Waals surface area contributed by atoms with E-state index in [9.17, 15) is 4.79 Å². The van der Waals surface area contributed by atoms with Gasteiger partial charge in [0.1, 0.15) is 12.1 Å². The number of hydrogen-bond acceptors (Lipinski definition) is 5. The van der Waals surface area contributed by atoms with E-state index < -0.39 is 0 Å². The monoisotopic (exact) mass is 301 g/mol. The van der Waals surface area contributed by atoms with Crippen molar-refractivity contribution < 1.29 is 4.79 Å². The predicted molar refractivity (Wildman–Crippen MR) is 89.0 cm³/mol. The van der Waals surface area contributed by atoms with Crippen LogP contribution in [0.5, 0.6) is 0 Å². The Hall–Kier alpha value is -2.21. The number of anilines is 1. The highest BCUT2D eigenvalue weighted by Crippen LogP contribution is 2.20. The Morgan fingerprint density at radius 2 is 1.95 bits per heavy atom. The molecule has 0 saturated carbocycles. The van der Waals surface area contributed by atoms with Crippen LogP contribution in [0.4, 0.5) is 5.82 Å². The molecule has 2 aromatic rings. The smallest absolute Gasteiger partial charge is 0.239 e. The molecule has 0 aliphatic carbocycles. The highest BCUT2D eigenvalue weighted by Gasteiger charge is 2.11. The van der Waals surface area contributed by atoms with E-state index in [-0.39, 0.29) is 12.5 Å². The van der Waals surface area contributed by atoms with Gasteiger partial charge in [-0.1, -0.05) is 12.1 Å². The molecule has 0 spiro atoms. The van der Waals surface area contributed by atoms with Crippen LogP contribution in [-0.2, 0) is 4.79 Å². The number of amides is 1. The molecule has 118 valence electrons. The van der Waals surface area contributed by atoms with Gasteiger partial charge >= 0.3 is 0 Å². The van der Waals surface area contributed by atoms with Gasteiger partial charge in [0.05, 0.1) is 12.1 Å². The normalized spacial score (nSPS) is 10.9. The maximum absolute atomic E-state index is 12.0. The Morgan fingerprint density at radius 1 is 1.18 bits per heavy atom. The van der Waals surface area contributed by atoms with E-state index in [1.54, 1.807) is 0 Å². The average molecular weight is 301 g/mol. The fourth-order valence-electron chi connectivity index (χ4n) is 2.26. The average Bonchev–Trinajstić information content (AvgIpc) is 2.50. The van der Waals surface area contributed by atoms with Crippen molar-refractivity contribution in [1.29, 1.82) is 0 Å². The third-order valence-corrected chi connectivity index (χ3v) is 3.37. The molecule has 0 fully saturated rings. The highest BCUT2D eigenvalue weighted by molar-refractivity contribution is 5.91. The summed E-state index contributed by atoms with van der Waals surface area (Å²) in [5.74, 6) is 0.776. The summed E-state index contributed by atoms with van der Waals surface area (Å²) in [7, 11) is 5.92. The van der Waals surface area contributed by atoms with Crippen molar-refractivity contribution in [3.05, 3.63) is 30.6 Å². The number of para-hydroxylation sites is 1. The quantitative estimate of drug-likeness (QED) is 0.777. The van der Waals surface area contributed by atoms with Crippen molar-refractivity contribution in [2.45, 2.75) is 6.42 Å². The Morgan fingerprint density at radius 3 is 2.73 bits per heavy atom. The zero-order valence-corrected chi connectivity index (χ0v) is 13.4. The fourth-order valence-corrected chi connectivity index (χ4v) is 2.26. The lowest BCUT2D eigenvalue weighted by molar-refractivity contribution is -0.119. The van der Waals surface area contributed by atoms with Crippen molar-refractivity contribution in [3.63, 3.8) is 0 Å². The molecule has 0 aliphatic rings. The first kappa shape index (κ1) is 16.2. The second kappa shape index (κ2) is 7.70. The van der Waals surface area contributed by atoms with E-state index >= 15 is 0 Å². The summed E-state index contributed by atoms with van der Waals surface area (Å²) < 4.78 is 0. The Labute approximate surface area is 131 Å². The first-order valence-electron chi connectivity index (χ1n) is 7.40. The first-order valence-corrected chi connectivity index (χ1v) is 7.40. The number of hydrogen-bond donors (Lipinski definition) is 1. The molecule has 0 aliphatic heterocycles. The van der Waals surface area contributed by atoms with Gasteiger partial charge < -0.3 is 15.1 Å². The Balaban J connectivity index is 1.93. The number of nitrogens with one attached hydrogen (secondary N) is 1. The number of fused-ring (bicyclic) bond motifs is 1. The van der Waals surface area contributed by atoms with E-state index in [1.807, 2.05) is 50.3 Å². The second-order valence-electron chi connectivity index (χ2n) is 5.58. The van der Waals surface area contributed by atoms with Crippen molar-refractivity contribution in [2.75, 3.05) is 45.7 Å². The van der Waals surface area contributed by atoms with Crippen LogP contribution in [-0.4, -0.2) is 61.6 Å². The third-order valence-electron chi connectivity index (χ3n) is 3.37. The van der Waals surface area contributed by atoms with Crippen LogP contribution in [0.25, 0.3) is 10.9 Å². The van der Waals surface area contributed by atoms with E-state index in [2.05, 4.69) is 20.2 Å². The molecule has 0 radical (unpaired) electrons. The highest BCUT2D eigenvalue weighted by atomic mass is 16.2. The minimum Gasteiger partial charge on any atom is -0.355 e. The summed E-state index contributed by atoms with van der Waals surface area (Å²) in [6.07, 6.45) is 2.47. The van der Waals surface area contributed by atoms with Crippen LogP contribution >= 0.6 is 0 Å². The molecule has 22 heavy (non-hydrogen) atoms. The molecule has 2 rings (SSSR count). The number of likely N-dealkylation sites (N-methyl/N-ethyl adjacent to an activating group) is 1. The molecule has 1 aromatic heterocycles. The Kier molecular flexibility index (Phi) is 5.66. The number of benzene rings is 1. The maximum Gasteiger partial charge on any atom is 0.239 e. The van der Waals surface area contributed by atoms with Gasteiger partial charge in [0.15, 0.2) is 0 Å². The van der Waals surface area contributed by atoms with E-state index in [0.29, 0.717) is 6.54 Å². The summed E-state index contributed by atoms with van der Waals surface area (Å²) >= 11 is 0. The van der Waals surface area contributed by atoms with Crippen molar-refractivity contribution in [3.8, 4) is 0 Å². The topological polar surface area (TPSA) is 61.4 Å². The van der Waals surface area contributed by atoms with E-state index in [1.165, 1.54) is 6.33 Å². The minimum absolute atomic E-state index is 0.00366. The van der Waals surface area contributed by atoms with Gasteiger partial charge in [-0.05, 0) is 39.2 Å². The molecule has 0 unspecified atom stereocenters. The first-order chi connectivity index (χ1) is 10.6.